The summed E-state index contributed by atoms with van der Waals surface area (Å²) in [5.41, 5.74) is 2.00. The van der Waals surface area contributed by atoms with E-state index >= 15 is 0 Å². The van der Waals surface area contributed by atoms with Gasteiger partial charge in [-0.15, -0.1) is 0 Å². The minimum absolute atomic E-state index is 0.355. The van der Waals surface area contributed by atoms with Crippen LogP contribution in [-0.2, 0) is 21.6 Å². The molecular weight excluding hydrogens is 396 g/mol. The van der Waals surface area contributed by atoms with Crippen molar-refractivity contribution in [2.45, 2.75) is 110 Å². The maximum Gasteiger partial charge on any atom is 0.171 e. The van der Waals surface area contributed by atoms with Gasteiger partial charge in [-0.3, -0.25) is 0 Å². The predicted molar refractivity (Wildman–Crippen MR) is 135 cm³/mol. The van der Waals surface area contributed by atoms with Gasteiger partial charge in [0.15, 0.2) is 5.75 Å². The molecule has 0 atom stereocenters. The van der Waals surface area contributed by atoms with Crippen LogP contribution in [-0.4, -0.2) is 13.2 Å². The molecule has 1 aliphatic heterocycles. The molecule has 0 amide bonds. The average molecular weight is 443 g/mol. The van der Waals surface area contributed by atoms with Crippen LogP contribution in [0.5, 0.6) is 5.75 Å². The summed E-state index contributed by atoms with van der Waals surface area (Å²) in [5, 5.41) is 0. The highest BCUT2D eigenvalue weighted by Crippen LogP contribution is 2.39. The fraction of sp³-hybridized carbons (Fsp3) is 0.655. The Bertz CT molecular complexity index is 675. The third kappa shape index (κ3) is 10.8. The first-order valence-corrected chi connectivity index (χ1v) is 13.0. The fourth-order valence-corrected chi connectivity index (χ4v) is 3.97. The average Bonchev–Trinajstić information content (AvgIpc) is 3.09. The van der Waals surface area contributed by atoms with Crippen LogP contribution in [0, 0.1) is 0 Å². The van der Waals surface area contributed by atoms with Gasteiger partial charge in [0.25, 0.3) is 0 Å². The molecule has 0 aliphatic carbocycles. The number of unbranched alkanes of at least 4 members (excludes halogenated alkanes) is 9. The van der Waals surface area contributed by atoms with Gasteiger partial charge in [-0.2, -0.15) is 4.89 Å². The molecule has 1 aliphatic rings. The monoisotopic (exact) mass is 442 g/mol. The van der Waals surface area contributed by atoms with E-state index in [0.29, 0.717) is 0 Å². The van der Waals surface area contributed by atoms with Gasteiger partial charge in [0.2, 0.25) is 0 Å². The number of allylic oxidation sites excluding steroid dienone is 4. The zero-order valence-corrected chi connectivity index (χ0v) is 20.9. The lowest BCUT2D eigenvalue weighted by Gasteiger charge is -2.13. The van der Waals surface area contributed by atoms with Crippen molar-refractivity contribution in [2.75, 3.05) is 13.2 Å². The smallest absolute Gasteiger partial charge is 0.171 e. The second kappa shape index (κ2) is 16.1. The molecule has 0 radical (unpaired) electrons. The van der Waals surface area contributed by atoms with Crippen molar-refractivity contribution in [1.29, 1.82) is 0 Å². The third-order valence-corrected chi connectivity index (χ3v) is 6.06. The second-order valence-corrected chi connectivity index (χ2v) is 9.45. The van der Waals surface area contributed by atoms with Gasteiger partial charge in [-0.1, -0.05) is 81.9 Å². The summed E-state index contributed by atoms with van der Waals surface area (Å²) in [7, 11) is 0. The van der Waals surface area contributed by atoms with Crippen LogP contribution in [0.15, 0.2) is 42.5 Å². The summed E-state index contributed by atoms with van der Waals surface area (Å²) >= 11 is 0. The lowest BCUT2D eigenvalue weighted by Crippen LogP contribution is -2.15. The number of benzene rings is 1. The Labute approximate surface area is 197 Å². The topological polar surface area (TPSA) is 27.7 Å². The number of hydrogen-bond acceptors (Lipinski definition) is 3. The summed E-state index contributed by atoms with van der Waals surface area (Å²) in [6, 6.07) is 6.34. The van der Waals surface area contributed by atoms with Crippen molar-refractivity contribution in [3.63, 3.8) is 0 Å². The Morgan fingerprint density at radius 3 is 2.25 bits per heavy atom. The molecule has 3 heteroatoms. The van der Waals surface area contributed by atoms with Crippen LogP contribution in [0.1, 0.15) is 109 Å². The molecule has 180 valence electrons. The first-order valence-electron chi connectivity index (χ1n) is 13.0. The van der Waals surface area contributed by atoms with Crippen molar-refractivity contribution in [3.05, 3.63) is 53.6 Å². The van der Waals surface area contributed by atoms with Gasteiger partial charge >= 0.3 is 0 Å². The van der Waals surface area contributed by atoms with E-state index in [1.54, 1.807) is 0 Å². The van der Waals surface area contributed by atoms with Gasteiger partial charge in [0, 0.05) is 12.2 Å². The molecule has 1 aromatic carbocycles. The van der Waals surface area contributed by atoms with Crippen molar-refractivity contribution in [1.82, 2.24) is 0 Å². The van der Waals surface area contributed by atoms with Crippen LogP contribution >= 0.6 is 0 Å². The van der Waals surface area contributed by atoms with E-state index < -0.39 is 0 Å². The minimum Gasteiger partial charge on any atom is -0.381 e. The molecule has 1 heterocycles. The normalized spacial score (nSPS) is 15.0. The van der Waals surface area contributed by atoms with Gasteiger partial charge in [0.05, 0.1) is 6.61 Å². The van der Waals surface area contributed by atoms with E-state index in [1.807, 2.05) is 13.8 Å². The van der Waals surface area contributed by atoms with Gasteiger partial charge < -0.3 is 9.62 Å². The highest BCUT2D eigenvalue weighted by atomic mass is 17.2. The molecule has 0 N–H and O–H groups in total. The van der Waals surface area contributed by atoms with E-state index in [1.165, 1.54) is 76.2 Å². The summed E-state index contributed by atoms with van der Waals surface area (Å²) in [4.78, 5) is 10.7. The lowest BCUT2D eigenvalue weighted by atomic mass is 9.96. The maximum absolute atomic E-state index is 5.83. The highest BCUT2D eigenvalue weighted by Gasteiger charge is 2.34. The maximum atomic E-state index is 5.83. The molecule has 0 saturated heterocycles. The van der Waals surface area contributed by atoms with Crippen LogP contribution in [0.4, 0.5) is 0 Å². The molecule has 0 unspecified atom stereocenters. The summed E-state index contributed by atoms with van der Waals surface area (Å²) in [6.07, 6.45) is 25.6. The van der Waals surface area contributed by atoms with E-state index in [0.717, 1.165) is 37.4 Å². The van der Waals surface area contributed by atoms with Crippen molar-refractivity contribution >= 4 is 0 Å². The summed E-state index contributed by atoms with van der Waals surface area (Å²) < 4.78 is 5.83. The lowest BCUT2D eigenvalue weighted by molar-refractivity contribution is -0.260. The quantitative estimate of drug-likeness (QED) is 0.129. The largest absolute Gasteiger partial charge is 0.381 e. The molecular formula is C29H46O3. The number of rotatable bonds is 18. The Kier molecular flexibility index (Phi) is 13.4. The first-order chi connectivity index (χ1) is 15.6. The third-order valence-electron chi connectivity index (χ3n) is 6.06. The van der Waals surface area contributed by atoms with Crippen LogP contribution in [0.2, 0.25) is 0 Å². The van der Waals surface area contributed by atoms with Crippen molar-refractivity contribution < 1.29 is 14.5 Å². The van der Waals surface area contributed by atoms with E-state index in [2.05, 4.69) is 49.4 Å². The van der Waals surface area contributed by atoms with Crippen LogP contribution < -0.4 is 4.89 Å². The van der Waals surface area contributed by atoms with Gasteiger partial charge in [-0.25, -0.2) is 0 Å². The van der Waals surface area contributed by atoms with Crippen molar-refractivity contribution in [2.24, 2.45) is 0 Å². The first kappa shape index (κ1) is 26.7. The SMILES string of the molecule is CCCCC/C=C\C/C=C\CCCCCCCCOCCc1ccc2c(c1)OOC2(C)C. The zero-order valence-electron chi connectivity index (χ0n) is 20.9. The molecule has 2 rings (SSSR count). The molecule has 0 aromatic heterocycles. The standard InChI is InChI=1S/C29H46O3/c1-4-5-6-7-8-9-10-11-12-13-14-15-16-17-18-19-23-30-24-22-26-20-21-27-28(25-26)31-32-29(27,2)3/h8-9,11-12,20-21,25H,4-7,10,13-19,22-24H2,1-3H3/b9-8-,12-11-. The van der Waals surface area contributed by atoms with E-state index in [4.69, 9.17) is 14.5 Å². The number of hydrogen-bond donors (Lipinski definition) is 0. The Balaban J connectivity index is 1.36. The number of ether oxygens (including phenoxy) is 1. The number of fused-ring (bicyclic) bond motifs is 1. The Morgan fingerprint density at radius 1 is 0.812 bits per heavy atom. The molecule has 0 saturated carbocycles. The predicted octanol–water partition coefficient (Wildman–Crippen LogP) is 8.62. The van der Waals surface area contributed by atoms with Crippen LogP contribution in [0.3, 0.4) is 0 Å². The minimum atomic E-state index is -0.355. The summed E-state index contributed by atoms with van der Waals surface area (Å²) in [6.45, 7) is 7.94. The second-order valence-electron chi connectivity index (χ2n) is 9.45. The van der Waals surface area contributed by atoms with Crippen molar-refractivity contribution in [3.8, 4) is 5.75 Å². The van der Waals surface area contributed by atoms with Crippen LogP contribution in [0.25, 0.3) is 0 Å². The van der Waals surface area contributed by atoms with Gasteiger partial charge in [-0.05, 0) is 70.4 Å². The molecule has 0 spiro atoms. The molecule has 1 aromatic rings. The molecule has 0 fully saturated rings. The van der Waals surface area contributed by atoms with E-state index in [9.17, 15) is 0 Å². The molecule has 0 bridgehead atoms. The Hall–Kier alpha value is -1.58. The molecule has 32 heavy (non-hydrogen) atoms. The molecule has 3 nitrogen and oxygen atoms in total. The Morgan fingerprint density at radius 2 is 1.50 bits per heavy atom. The van der Waals surface area contributed by atoms with Gasteiger partial charge in [0.1, 0.15) is 5.60 Å². The van der Waals surface area contributed by atoms with E-state index in [-0.39, 0.29) is 5.60 Å². The highest BCUT2D eigenvalue weighted by molar-refractivity contribution is 5.42. The zero-order chi connectivity index (χ0) is 22.9. The fourth-order valence-electron chi connectivity index (χ4n) is 3.97. The summed E-state index contributed by atoms with van der Waals surface area (Å²) in [5.74, 6) is 0.845.